The van der Waals surface area contributed by atoms with Gasteiger partial charge in [0.1, 0.15) is 29.7 Å². The molecule has 3 N–H and O–H groups in total. The molecule has 42 heavy (non-hydrogen) atoms. The lowest BCUT2D eigenvalue weighted by molar-refractivity contribution is -0.122. The molecule has 2 aliphatic carbocycles. The summed E-state index contributed by atoms with van der Waals surface area (Å²) in [5.74, 6) is -2.56. The fourth-order valence-electron chi connectivity index (χ4n) is 5.95. The van der Waals surface area contributed by atoms with E-state index in [0.29, 0.717) is 34.2 Å². The molecule has 214 valence electrons. The first-order valence-electron chi connectivity index (χ1n) is 13.5. The molecule has 2 unspecified atom stereocenters. The van der Waals surface area contributed by atoms with Gasteiger partial charge in [0.05, 0.1) is 17.3 Å². The normalized spacial score (nSPS) is 17.6. The number of carbonyl (C=O) groups excluding carboxylic acids is 2. The minimum atomic E-state index is -0.934. The SMILES string of the molecule is C/N=C/c1nn(CC(=O)N[C@@H](Cc2cc(F)cc(F)c2)c2ncccc2-c2ccc(F)c(C(N)=O)c2)c2c1C1CC1C2. The van der Waals surface area contributed by atoms with Gasteiger partial charge in [-0.1, -0.05) is 12.1 Å². The van der Waals surface area contributed by atoms with Crippen molar-refractivity contribution in [2.75, 3.05) is 7.05 Å². The molecule has 2 aliphatic rings. The molecule has 1 fully saturated rings. The number of pyridine rings is 1. The van der Waals surface area contributed by atoms with Gasteiger partial charge < -0.3 is 11.1 Å². The summed E-state index contributed by atoms with van der Waals surface area (Å²) in [6, 6.07) is 9.58. The van der Waals surface area contributed by atoms with Crippen LogP contribution in [-0.4, -0.2) is 39.8 Å². The highest BCUT2D eigenvalue weighted by Crippen LogP contribution is 2.57. The molecule has 0 radical (unpaired) electrons. The zero-order valence-corrected chi connectivity index (χ0v) is 22.7. The molecule has 8 nitrogen and oxygen atoms in total. The molecule has 3 atom stereocenters. The first kappa shape index (κ1) is 27.4. The molecule has 0 aliphatic heterocycles. The minimum absolute atomic E-state index is 0.00338. The Morgan fingerprint density at radius 2 is 1.95 bits per heavy atom. The smallest absolute Gasteiger partial charge is 0.251 e. The number of fused-ring (bicyclic) bond motifs is 3. The molecule has 0 spiro atoms. The number of benzene rings is 2. The van der Waals surface area contributed by atoms with E-state index in [-0.39, 0.29) is 24.4 Å². The maximum absolute atomic E-state index is 14.2. The van der Waals surface area contributed by atoms with Crippen molar-refractivity contribution in [2.45, 2.75) is 37.8 Å². The van der Waals surface area contributed by atoms with Crippen molar-refractivity contribution < 1.29 is 22.8 Å². The number of halogens is 3. The minimum Gasteiger partial charge on any atom is -0.366 e. The van der Waals surface area contributed by atoms with E-state index in [4.69, 9.17) is 5.73 Å². The fraction of sp³-hybridized carbons (Fsp3) is 0.258. The van der Waals surface area contributed by atoms with Crippen molar-refractivity contribution in [3.63, 3.8) is 0 Å². The van der Waals surface area contributed by atoms with E-state index in [1.54, 1.807) is 30.1 Å². The number of rotatable bonds is 9. The van der Waals surface area contributed by atoms with Crippen LogP contribution in [0.4, 0.5) is 13.2 Å². The maximum atomic E-state index is 14.2. The molecule has 0 bridgehead atoms. The average Bonchev–Trinajstić information content (AvgIpc) is 3.48. The zero-order chi connectivity index (χ0) is 29.5. The lowest BCUT2D eigenvalue weighted by Crippen LogP contribution is -2.34. The molecule has 0 saturated heterocycles. The Morgan fingerprint density at radius 3 is 2.69 bits per heavy atom. The van der Waals surface area contributed by atoms with Crippen molar-refractivity contribution in [2.24, 2.45) is 16.6 Å². The van der Waals surface area contributed by atoms with E-state index in [0.717, 1.165) is 41.9 Å². The lowest BCUT2D eigenvalue weighted by Gasteiger charge is -2.22. The number of aromatic nitrogens is 3. The van der Waals surface area contributed by atoms with Crippen LogP contribution in [0.25, 0.3) is 11.1 Å². The van der Waals surface area contributed by atoms with E-state index < -0.39 is 29.4 Å². The van der Waals surface area contributed by atoms with Crippen LogP contribution in [0.15, 0.2) is 59.7 Å². The molecule has 4 aromatic rings. The number of primary amides is 1. The lowest BCUT2D eigenvalue weighted by atomic mass is 9.94. The van der Waals surface area contributed by atoms with Crippen molar-refractivity contribution in [1.82, 2.24) is 20.1 Å². The third-order valence-corrected chi connectivity index (χ3v) is 7.83. The van der Waals surface area contributed by atoms with Crippen molar-refractivity contribution in [3.05, 3.63) is 106 Å². The molecule has 6 rings (SSSR count). The summed E-state index contributed by atoms with van der Waals surface area (Å²) in [6.45, 7) is -0.0715. The number of nitrogens with two attached hydrogens (primary N) is 1. The number of nitrogens with one attached hydrogen (secondary N) is 1. The van der Waals surface area contributed by atoms with Crippen LogP contribution < -0.4 is 11.1 Å². The first-order valence-corrected chi connectivity index (χ1v) is 13.5. The summed E-state index contributed by atoms with van der Waals surface area (Å²) < 4.78 is 44.2. The molecule has 2 aromatic carbocycles. The van der Waals surface area contributed by atoms with Crippen LogP contribution in [0.3, 0.4) is 0 Å². The number of nitrogens with zero attached hydrogens (tertiary/aromatic N) is 4. The molecular formula is C31H27F3N6O2. The molecule has 1 saturated carbocycles. The Kier molecular flexibility index (Phi) is 7.09. The van der Waals surface area contributed by atoms with Crippen LogP contribution in [-0.2, 0) is 24.2 Å². The van der Waals surface area contributed by atoms with E-state index in [1.807, 2.05) is 0 Å². The Hall–Kier alpha value is -4.80. The number of aliphatic imine (C=N–C) groups is 1. The Bertz CT molecular complexity index is 1730. The summed E-state index contributed by atoms with van der Waals surface area (Å²) in [7, 11) is 1.68. The van der Waals surface area contributed by atoms with Crippen LogP contribution in [0, 0.1) is 23.4 Å². The Morgan fingerprint density at radius 1 is 1.17 bits per heavy atom. The van der Waals surface area contributed by atoms with Gasteiger partial charge in [-0.2, -0.15) is 5.10 Å². The monoisotopic (exact) mass is 572 g/mol. The van der Waals surface area contributed by atoms with Gasteiger partial charge in [0.2, 0.25) is 5.91 Å². The topological polar surface area (TPSA) is 115 Å². The standard InChI is InChI=1S/C31H27F3N6O2/c1-36-14-26-29-22-11-18(22)12-27(29)40(39-26)15-28(41)38-25(9-16-7-19(32)13-20(33)8-16)30-21(3-2-6-37-30)17-4-5-24(34)23(10-17)31(35)42/h2-8,10,13-14,18,22,25H,9,11-12,15H2,1H3,(H2,35,42)(H,38,41)/b36-14+/t18?,22?,25-/m0/s1. The highest BCUT2D eigenvalue weighted by Gasteiger charge is 2.49. The quantitative estimate of drug-likeness (QED) is 0.292. The maximum Gasteiger partial charge on any atom is 0.251 e. The van der Waals surface area contributed by atoms with E-state index in [1.165, 1.54) is 30.5 Å². The van der Waals surface area contributed by atoms with Crippen molar-refractivity contribution >= 4 is 18.0 Å². The van der Waals surface area contributed by atoms with E-state index >= 15 is 0 Å². The van der Waals surface area contributed by atoms with Gasteiger partial charge in [-0.3, -0.25) is 24.2 Å². The molecule has 2 heterocycles. The number of hydrogen-bond donors (Lipinski definition) is 2. The molecule has 2 amide bonds. The second-order valence-electron chi connectivity index (χ2n) is 10.7. The van der Waals surface area contributed by atoms with Gasteiger partial charge >= 0.3 is 0 Å². The number of amides is 2. The van der Waals surface area contributed by atoms with Gasteiger partial charge in [0.15, 0.2) is 0 Å². The van der Waals surface area contributed by atoms with Crippen molar-refractivity contribution in [3.8, 4) is 11.1 Å². The highest BCUT2D eigenvalue weighted by molar-refractivity contribution is 5.94. The fourth-order valence-corrected chi connectivity index (χ4v) is 5.95. The van der Waals surface area contributed by atoms with Gasteiger partial charge in [-0.25, -0.2) is 13.2 Å². The Labute approximate surface area is 239 Å². The highest BCUT2D eigenvalue weighted by atomic mass is 19.1. The number of hydrogen-bond acceptors (Lipinski definition) is 5. The van der Waals surface area contributed by atoms with Crippen molar-refractivity contribution in [1.29, 1.82) is 0 Å². The third-order valence-electron chi connectivity index (χ3n) is 7.83. The summed E-state index contributed by atoms with van der Waals surface area (Å²) in [5.41, 5.74) is 9.59. The van der Waals surface area contributed by atoms with Gasteiger partial charge in [-0.05, 0) is 72.6 Å². The molecule has 11 heteroatoms. The summed E-state index contributed by atoms with van der Waals surface area (Å²) in [6.07, 6.45) is 5.19. The summed E-state index contributed by atoms with van der Waals surface area (Å²) >= 11 is 0. The summed E-state index contributed by atoms with van der Waals surface area (Å²) in [4.78, 5) is 34.0. The zero-order valence-electron chi connectivity index (χ0n) is 22.7. The second-order valence-corrected chi connectivity index (χ2v) is 10.7. The number of carbonyl (C=O) groups is 2. The van der Waals surface area contributed by atoms with Gasteiger partial charge in [0, 0.05) is 42.3 Å². The Balaban J connectivity index is 1.35. The van der Waals surface area contributed by atoms with Gasteiger partial charge in [0.25, 0.3) is 5.91 Å². The van der Waals surface area contributed by atoms with E-state index in [9.17, 15) is 22.8 Å². The first-order chi connectivity index (χ1) is 20.2. The van der Waals surface area contributed by atoms with E-state index in [2.05, 4.69) is 20.4 Å². The van der Waals surface area contributed by atoms with Crippen LogP contribution in [0.2, 0.25) is 0 Å². The predicted molar refractivity (Wildman–Crippen MR) is 149 cm³/mol. The molecule has 2 aromatic heterocycles. The molecular weight excluding hydrogens is 545 g/mol. The van der Waals surface area contributed by atoms with Crippen LogP contribution >= 0.6 is 0 Å². The summed E-state index contributed by atoms with van der Waals surface area (Å²) in [5, 5.41) is 7.61. The van der Waals surface area contributed by atoms with Gasteiger partial charge in [-0.15, -0.1) is 0 Å². The predicted octanol–water partition coefficient (Wildman–Crippen LogP) is 4.27. The van der Waals surface area contributed by atoms with Crippen LogP contribution in [0.1, 0.15) is 56.9 Å². The average molecular weight is 573 g/mol. The van der Waals surface area contributed by atoms with Crippen LogP contribution in [0.5, 0.6) is 0 Å². The largest absolute Gasteiger partial charge is 0.366 e. The second kappa shape index (κ2) is 10.9. The third kappa shape index (κ3) is 5.29.